The largest absolute Gasteiger partial charge is 0.314 e. The van der Waals surface area contributed by atoms with Crippen molar-refractivity contribution in [2.45, 2.75) is 6.54 Å². The molecule has 0 saturated carbocycles. The van der Waals surface area contributed by atoms with E-state index in [0.717, 1.165) is 54.3 Å². The standard InChI is InChI=1S/C14H16ClN3/c15-12-2-4-14-11(9-12)1-3-13(17-14)10-18-7-5-16-6-8-18/h1-4,9,16H,5-8,10H2. The van der Waals surface area contributed by atoms with E-state index in [-0.39, 0.29) is 0 Å². The lowest BCUT2D eigenvalue weighted by Crippen LogP contribution is -2.43. The molecule has 2 heterocycles. The van der Waals surface area contributed by atoms with Crippen LogP contribution < -0.4 is 5.32 Å². The molecule has 1 aromatic heterocycles. The van der Waals surface area contributed by atoms with Gasteiger partial charge in [0.1, 0.15) is 0 Å². The minimum absolute atomic E-state index is 0.763. The second-order valence-electron chi connectivity index (χ2n) is 4.67. The third-order valence-electron chi connectivity index (χ3n) is 3.30. The van der Waals surface area contributed by atoms with Crippen LogP contribution in [-0.2, 0) is 6.54 Å². The summed E-state index contributed by atoms with van der Waals surface area (Å²) in [5.74, 6) is 0. The van der Waals surface area contributed by atoms with Gasteiger partial charge in [-0.2, -0.15) is 0 Å². The molecule has 0 amide bonds. The first-order valence-electron chi connectivity index (χ1n) is 6.29. The van der Waals surface area contributed by atoms with Gasteiger partial charge in [-0.1, -0.05) is 17.7 Å². The van der Waals surface area contributed by atoms with Crippen LogP contribution in [-0.4, -0.2) is 36.1 Å². The fourth-order valence-electron chi connectivity index (χ4n) is 2.33. The van der Waals surface area contributed by atoms with Crippen LogP contribution in [0.3, 0.4) is 0 Å². The van der Waals surface area contributed by atoms with E-state index < -0.39 is 0 Å². The number of nitrogens with zero attached hydrogens (tertiary/aromatic N) is 2. The van der Waals surface area contributed by atoms with Gasteiger partial charge < -0.3 is 5.32 Å². The van der Waals surface area contributed by atoms with E-state index in [1.807, 2.05) is 18.2 Å². The summed E-state index contributed by atoms with van der Waals surface area (Å²) in [5.41, 5.74) is 2.15. The SMILES string of the molecule is Clc1ccc2nc(CN3CCNCC3)ccc2c1. The van der Waals surface area contributed by atoms with Crippen LogP contribution in [0.1, 0.15) is 5.69 Å². The number of halogens is 1. The maximum absolute atomic E-state index is 5.97. The topological polar surface area (TPSA) is 28.2 Å². The van der Waals surface area contributed by atoms with Crippen LogP contribution in [0.15, 0.2) is 30.3 Å². The van der Waals surface area contributed by atoms with Gasteiger partial charge in [0.2, 0.25) is 0 Å². The Hall–Kier alpha value is -1.16. The lowest BCUT2D eigenvalue weighted by atomic mass is 10.2. The molecule has 2 aromatic rings. The van der Waals surface area contributed by atoms with Crippen molar-refractivity contribution in [1.82, 2.24) is 15.2 Å². The van der Waals surface area contributed by atoms with Crippen molar-refractivity contribution < 1.29 is 0 Å². The predicted molar refractivity (Wildman–Crippen MR) is 74.9 cm³/mol. The average molecular weight is 262 g/mol. The summed E-state index contributed by atoms with van der Waals surface area (Å²) in [5, 5.41) is 5.23. The fraction of sp³-hybridized carbons (Fsp3) is 0.357. The number of aromatic nitrogens is 1. The molecule has 94 valence electrons. The minimum atomic E-state index is 0.763. The molecule has 0 aliphatic carbocycles. The number of pyridine rings is 1. The number of hydrogen-bond donors (Lipinski definition) is 1. The lowest BCUT2D eigenvalue weighted by molar-refractivity contribution is 0.231. The van der Waals surface area contributed by atoms with Crippen LogP contribution in [0, 0.1) is 0 Å². The molecule has 1 saturated heterocycles. The molecule has 1 fully saturated rings. The smallest absolute Gasteiger partial charge is 0.0706 e. The number of fused-ring (bicyclic) bond motifs is 1. The molecule has 1 aromatic carbocycles. The molecule has 1 aliphatic heterocycles. The number of piperazine rings is 1. The summed E-state index contributed by atoms with van der Waals surface area (Å²) < 4.78 is 0. The summed E-state index contributed by atoms with van der Waals surface area (Å²) in [4.78, 5) is 7.12. The van der Waals surface area contributed by atoms with Gasteiger partial charge in [0, 0.05) is 43.1 Å². The third-order valence-corrected chi connectivity index (χ3v) is 3.54. The Morgan fingerprint density at radius 3 is 2.83 bits per heavy atom. The van der Waals surface area contributed by atoms with Crippen molar-refractivity contribution in [2.75, 3.05) is 26.2 Å². The van der Waals surface area contributed by atoms with Crippen LogP contribution in [0.4, 0.5) is 0 Å². The molecule has 0 radical (unpaired) electrons. The van der Waals surface area contributed by atoms with Gasteiger partial charge in [0.05, 0.1) is 11.2 Å². The number of nitrogens with one attached hydrogen (secondary N) is 1. The average Bonchev–Trinajstić information content (AvgIpc) is 2.40. The summed E-state index contributed by atoms with van der Waals surface area (Å²) >= 11 is 5.97. The molecule has 1 N–H and O–H groups in total. The first-order chi connectivity index (χ1) is 8.81. The van der Waals surface area contributed by atoms with Gasteiger partial charge in [-0.25, -0.2) is 0 Å². The summed E-state index contributed by atoms with van der Waals surface area (Å²) in [6.45, 7) is 5.27. The minimum Gasteiger partial charge on any atom is -0.314 e. The van der Waals surface area contributed by atoms with E-state index in [4.69, 9.17) is 11.6 Å². The summed E-state index contributed by atoms with van der Waals surface area (Å²) in [6, 6.07) is 10.0. The van der Waals surface area contributed by atoms with Gasteiger partial charge in [-0.05, 0) is 24.3 Å². The van der Waals surface area contributed by atoms with Crippen LogP contribution >= 0.6 is 11.6 Å². The van der Waals surface area contributed by atoms with Crippen molar-refractivity contribution in [3.05, 3.63) is 41.0 Å². The number of rotatable bonds is 2. The zero-order chi connectivity index (χ0) is 12.4. The zero-order valence-electron chi connectivity index (χ0n) is 10.2. The monoisotopic (exact) mass is 261 g/mol. The van der Waals surface area contributed by atoms with E-state index >= 15 is 0 Å². The Morgan fingerprint density at radius 2 is 2.00 bits per heavy atom. The molecule has 3 nitrogen and oxygen atoms in total. The van der Waals surface area contributed by atoms with Crippen molar-refractivity contribution in [2.24, 2.45) is 0 Å². The summed E-state index contributed by atoms with van der Waals surface area (Å²) in [6.07, 6.45) is 0. The van der Waals surface area contributed by atoms with E-state index in [1.54, 1.807) is 0 Å². The fourth-order valence-corrected chi connectivity index (χ4v) is 2.51. The summed E-state index contributed by atoms with van der Waals surface area (Å²) in [7, 11) is 0. The normalized spacial score (nSPS) is 17.2. The highest BCUT2D eigenvalue weighted by atomic mass is 35.5. The molecule has 0 spiro atoms. The molecule has 3 rings (SSSR count). The van der Waals surface area contributed by atoms with Gasteiger partial charge in [-0.3, -0.25) is 9.88 Å². The van der Waals surface area contributed by atoms with Gasteiger partial charge in [0.25, 0.3) is 0 Å². The molecule has 0 bridgehead atoms. The third kappa shape index (κ3) is 2.64. The Morgan fingerprint density at radius 1 is 1.17 bits per heavy atom. The molecule has 0 unspecified atom stereocenters. The zero-order valence-corrected chi connectivity index (χ0v) is 11.0. The Balaban J connectivity index is 1.82. The van der Waals surface area contributed by atoms with E-state index in [1.165, 1.54) is 0 Å². The van der Waals surface area contributed by atoms with E-state index in [2.05, 4.69) is 27.3 Å². The number of benzene rings is 1. The molecule has 4 heteroatoms. The quantitative estimate of drug-likeness (QED) is 0.899. The first-order valence-corrected chi connectivity index (χ1v) is 6.67. The maximum atomic E-state index is 5.97. The Kier molecular flexibility index (Phi) is 3.46. The first kappa shape index (κ1) is 11.9. The predicted octanol–water partition coefficient (Wildman–Crippen LogP) is 2.29. The van der Waals surface area contributed by atoms with Crippen molar-refractivity contribution in [3.8, 4) is 0 Å². The second kappa shape index (κ2) is 5.22. The molecule has 1 aliphatic rings. The Bertz CT molecular complexity index is 550. The highest BCUT2D eigenvalue weighted by Crippen LogP contribution is 2.18. The second-order valence-corrected chi connectivity index (χ2v) is 5.10. The van der Waals surface area contributed by atoms with Gasteiger partial charge in [0.15, 0.2) is 0 Å². The van der Waals surface area contributed by atoms with Crippen LogP contribution in [0.5, 0.6) is 0 Å². The van der Waals surface area contributed by atoms with Gasteiger partial charge in [-0.15, -0.1) is 0 Å². The molecule has 18 heavy (non-hydrogen) atoms. The lowest BCUT2D eigenvalue weighted by Gasteiger charge is -2.26. The van der Waals surface area contributed by atoms with Crippen LogP contribution in [0.25, 0.3) is 10.9 Å². The Labute approximate surface area is 112 Å². The van der Waals surface area contributed by atoms with Crippen molar-refractivity contribution in [3.63, 3.8) is 0 Å². The highest BCUT2D eigenvalue weighted by Gasteiger charge is 2.10. The van der Waals surface area contributed by atoms with Gasteiger partial charge >= 0.3 is 0 Å². The number of hydrogen-bond acceptors (Lipinski definition) is 3. The molecular weight excluding hydrogens is 246 g/mol. The van der Waals surface area contributed by atoms with Crippen molar-refractivity contribution >= 4 is 22.5 Å². The van der Waals surface area contributed by atoms with E-state index in [0.29, 0.717) is 0 Å². The van der Waals surface area contributed by atoms with Crippen molar-refractivity contribution in [1.29, 1.82) is 0 Å². The highest BCUT2D eigenvalue weighted by molar-refractivity contribution is 6.31. The molecule has 0 atom stereocenters. The molecular formula is C14H16ClN3. The maximum Gasteiger partial charge on any atom is 0.0706 e. The van der Waals surface area contributed by atoms with Crippen LogP contribution in [0.2, 0.25) is 5.02 Å². The van der Waals surface area contributed by atoms with E-state index in [9.17, 15) is 0 Å².